The lowest BCUT2D eigenvalue weighted by molar-refractivity contribution is -0.140. The maximum Gasteiger partial charge on any atom is 0.264 e. The first-order valence-corrected chi connectivity index (χ1v) is 15.0. The molecule has 0 bridgehead atoms. The predicted octanol–water partition coefficient (Wildman–Crippen LogP) is 5.91. The van der Waals surface area contributed by atoms with Crippen LogP contribution in [0.4, 0.5) is 10.1 Å². The summed E-state index contributed by atoms with van der Waals surface area (Å²) in [5, 5.41) is 3.50. The molecule has 0 aliphatic heterocycles. The number of carbonyl (C=O) groups excluding carboxylic acids is 2. The molecule has 0 aromatic heterocycles. The first-order chi connectivity index (χ1) is 18.9. The van der Waals surface area contributed by atoms with Crippen LogP contribution in [-0.2, 0) is 26.2 Å². The summed E-state index contributed by atoms with van der Waals surface area (Å²) in [4.78, 5) is 28.4. The second-order valence-electron chi connectivity index (χ2n) is 9.63. The van der Waals surface area contributed by atoms with Crippen LogP contribution in [0.5, 0.6) is 0 Å². The molecule has 0 aliphatic carbocycles. The summed E-state index contributed by atoms with van der Waals surface area (Å²) in [7, 11) is -4.28. The van der Waals surface area contributed by atoms with Gasteiger partial charge in [0.15, 0.2) is 0 Å². The fourth-order valence-corrected chi connectivity index (χ4v) is 5.77. The molecule has 0 radical (unpaired) electrons. The molecule has 3 aromatic carbocycles. The third-order valence-corrected chi connectivity index (χ3v) is 8.66. The Morgan fingerprint density at radius 3 is 2.17 bits per heavy atom. The van der Waals surface area contributed by atoms with Gasteiger partial charge < -0.3 is 10.2 Å². The van der Waals surface area contributed by atoms with Crippen molar-refractivity contribution in [2.45, 2.75) is 44.7 Å². The molecule has 0 heterocycles. The minimum absolute atomic E-state index is 0.0114. The summed E-state index contributed by atoms with van der Waals surface area (Å²) in [6.07, 6.45) is 0.285. The minimum atomic E-state index is -4.28. The molecule has 2 amide bonds. The number of nitrogens with zero attached hydrogens (tertiary/aromatic N) is 2. The van der Waals surface area contributed by atoms with Gasteiger partial charge >= 0.3 is 0 Å². The molecule has 0 saturated heterocycles. The van der Waals surface area contributed by atoms with Crippen LogP contribution >= 0.6 is 23.2 Å². The van der Waals surface area contributed by atoms with Crippen molar-refractivity contribution in [1.29, 1.82) is 0 Å². The van der Waals surface area contributed by atoms with Crippen molar-refractivity contribution >= 4 is 50.7 Å². The summed E-state index contributed by atoms with van der Waals surface area (Å²) < 4.78 is 42.0. The molecule has 0 aliphatic rings. The van der Waals surface area contributed by atoms with E-state index in [9.17, 15) is 22.4 Å². The summed E-state index contributed by atoms with van der Waals surface area (Å²) >= 11 is 12.3. The minimum Gasteiger partial charge on any atom is -0.354 e. The van der Waals surface area contributed by atoms with Gasteiger partial charge in [-0.2, -0.15) is 0 Å². The maximum absolute atomic E-state index is 14.0. The quantitative estimate of drug-likeness (QED) is 0.277. The molecule has 1 N–H and O–H groups in total. The van der Waals surface area contributed by atoms with E-state index in [4.69, 9.17) is 23.2 Å². The Kier molecular flexibility index (Phi) is 11.0. The number of benzene rings is 3. The van der Waals surface area contributed by atoms with Gasteiger partial charge in [-0.1, -0.05) is 68.2 Å². The monoisotopic (exact) mass is 607 g/mol. The highest BCUT2D eigenvalue weighted by molar-refractivity contribution is 7.92. The lowest BCUT2D eigenvalue weighted by Gasteiger charge is -2.33. The Morgan fingerprint density at radius 1 is 0.950 bits per heavy atom. The van der Waals surface area contributed by atoms with E-state index in [1.165, 1.54) is 4.90 Å². The molecule has 0 spiro atoms. The Bertz CT molecular complexity index is 1420. The van der Waals surface area contributed by atoms with Crippen molar-refractivity contribution in [3.8, 4) is 0 Å². The largest absolute Gasteiger partial charge is 0.354 e. The van der Waals surface area contributed by atoms with Gasteiger partial charge in [0.2, 0.25) is 11.8 Å². The van der Waals surface area contributed by atoms with Gasteiger partial charge in [0.05, 0.1) is 20.6 Å². The topological polar surface area (TPSA) is 86.8 Å². The van der Waals surface area contributed by atoms with Crippen LogP contribution in [0.3, 0.4) is 0 Å². The first-order valence-electron chi connectivity index (χ1n) is 12.8. The average molecular weight is 609 g/mol. The smallest absolute Gasteiger partial charge is 0.264 e. The summed E-state index contributed by atoms with van der Waals surface area (Å²) in [6, 6.07) is 16.5. The number of amides is 2. The molecule has 0 unspecified atom stereocenters. The summed E-state index contributed by atoms with van der Waals surface area (Å²) in [5.74, 6) is -1.35. The van der Waals surface area contributed by atoms with E-state index < -0.39 is 34.3 Å². The molecule has 40 heavy (non-hydrogen) atoms. The zero-order valence-corrected chi connectivity index (χ0v) is 24.8. The van der Waals surface area contributed by atoms with Gasteiger partial charge in [0.25, 0.3) is 10.0 Å². The molecule has 3 aromatic rings. The third kappa shape index (κ3) is 7.96. The second-order valence-corrected chi connectivity index (χ2v) is 12.3. The zero-order chi connectivity index (χ0) is 29.4. The van der Waals surface area contributed by atoms with Crippen molar-refractivity contribution in [2.24, 2.45) is 5.92 Å². The highest BCUT2D eigenvalue weighted by Crippen LogP contribution is 2.26. The Hall–Kier alpha value is -3.14. The van der Waals surface area contributed by atoms with Crippen molar-refractivity contribution in [3.63, 3.8) is 0 Å². The van der Waals surface area contributed by atoms with Crippen molar-refractivity contribution in [3.05, 3.63) is 94.2 Å². The van der Waals surface area contributed by atoms with Crippen LogP contribution in [0.15, 0.2) is 77.7 Å². The Balaban J connectivity index is 2.03. The number of hydrogen-bond donors (Lipinski definition) is 1. The van der Waals surface area contributed by atoms with E-state index in [0.29, 0.717) is 17.1 Å². The Morgan fingerprint density at radius 2 is 1.60 bits per heavy atom. The number of halogens is 3. The van der Waals surface area contributed by atoms with E-state index in [1.807, 2.05) is 13.8 Å². The molecule has 214 valence electrons. The number of rotatable bonds is 12. The third-order valence-electron chi connectivity index (χ3n) is 6.13. The highest BCUT2D eigenvalue weighted by Gasteiger charge is 2.33. The predicted molar refractivity (Wildman–Crippen MR) is 156 cm³/mol. The second kappa shape index (κ2) is 14.0. The fourth-order valence-electron chi connectivity index (χ4n) is 4.03. The number of sulfonamides is 1. The lowest BCUT2D eigenvalue weighted by Crippen LogP contribution is -2.52. The summed E-state index contributed by atoms with van der Waals surface area (Å²) in [5.41, 5.74) is 0.859. The van der Waals surface area contributed by atoms with Crippen LogP contribution in [-0.4, -0.2) is 44.3 Å². The average Bonchev–Trinajstić information content (AvgIpc) is 2.92. The SMILES string of the molecule is CC[C@H](C(=O)NCC(C)C)N(Cc1ccc(Cl)c(Cl)c1)C(=O)CN(c1ccccc1)S(=O)(=O)c1ccc(F)cc1. The fraction of sp³-hybridized carbons (Fsp3) is 0.310. The van der Waals surface area contributed by atoms with Gasteiger partial charge in [0.1, 0.15) is 18.4 Å². The van der Waals surface area contributed by atoms with Crippen molar-refractivity contribution in [2.75, 3.05) is 17.4 Å². The highest BCUT2D eigenvalue weighted by atomic mass is 35.5. The van der Waals surface area contributed by atoms with Crippen LogP contribution in [0.1, 0.15) is 32.8 Å². The van der Waals surface area contributed by atoms with Crippen molar-refractivity contribution in [1.82, 2.24) is 10.2 Å². The van der Waals surface area contributed by atoms with E-state index in [0.717, 1.165) is 28.6 Å². The molecular formula is C29H32Cl2FN3O4S. The molecule has 0 fully saturated rings. The standard InChI is InChI=1S/C29H32Cl2FN3O4S/c1-4-27(29(37)33-17-20(2)3)34(18-21-10-15-25(30)26(31)16-21)28(36)19-35(23-8-6-5-7-9-23)40(38,39)24-13-11-22(32)12-14-24/h5-16,20,27H,4,17-19H2,1-3H3,(H,33,37)/t27-/m1/s1. The number of nitrogens with one attached hydrogen (secondary N) is 1. The Labute approximate surface area is 244 Å². The van der Waals surface area contributed by atoms with Gasteiger partial charge in [-0.05, 0) is 66.4 Å². The number of hydrogen-bond acceptors (Lipinski definition) is 4. The lowest BCUT2D eigenvalue weighted by atomic mass is 10.1. The van der Waals surface area contributed by atoms with Gasteiger partial charge in [-0.3, -0.25) is 13.9 Å². The molecule has 0 saturated carbocycles. The first kappa shape index (κ1) is 31.4. The molecule has 1 atom stereocenters. The van der Waals surface area contributed by atoms with Gasteiger partial charge in [-0.15, -0.1) is 0 Å². The van der Waals surface area contributed by atoms with Gasteiger partial charge in [0, 0.05) is 13.1 Å². The van der Waals surface area contributed by atoms with Crippen LogP contribution in [0.25, 0.3) is 0 Å². The van der Waals surface area contributed by atoms with Crippen LogP contribution < -0.4 is 9.62 Å². The molecule has 7 nitrogen and oxygen atoms in total. The molecule has 3 rings (SSSR count). The van der Waals surface area contributed by atoms with E-state index >= 15 is 0 Å². The van der Waals surface area contributed by atoms with Crippen LogP contribution in [0.2, 0.25) is 10.0 Å². The van der Waals surface area contributed by atoms with Gasteiger partial charge in [-0.25, -0.2) is 12.8 Å². The molecule has 11 heteroatoms. The van der Waals surface area contributed by atoms with E-state index in [1.54, 1.807) is 55.5 Å². The normalized spacial score (nSPS) is 12.2. The van der Waals surface area contributed by atoms with E-state index in [-0.39, 0.29) is 40.4 Å². The van der Waals surface area contributed by atoms with Crippen LogP contribution in [0, 0.1) is 11.7 Å². The van der Waals surface area contributed by atoms with Crippen molar-refractivity contribution < 1.29 is 22.4 Å². The number of para-hydroxylation sites is 1. The molecular weight excluding hydrogens is 576 g/mol. The number of anilines is 1. The maximum atomic E-state index is 14.0. The van der Waals surface area contributed by atoms with E-state index in [2.05, 4.69) is 5.32 Å². The zero-order valence-electron chi connectivity index (χ0n) is 22.5. The number of carbonyl (C=O) groups is 2. The summed E-state index contributed by atoms with van der Waals surface area (Å²) in [6.45, 7) is 5.50.